The lowest BCUT2D eigenvalue weighted by Crippen LogP contribution is -1.97. The Bertz CT molecular complexity index is 650. The van der Waals surface area contributed by atoms with E-state index in [4.69, 9.17) is 45.3 Å². The average molecular weight is 347 g/mol. The largest absolute Gasteiger partial charge is 0.485 e. The smallest absolute Gasteiger partial charge is 0.157 e. The van der Waals surface area contributed by atoms with Gasteiger partial charge in [0.05, 0.1) is 21.5 Å². The van der Waals surface area contributed by atoms with Crippen molar-refractivity contribution < 1.29 is 4.74 Å². The Kier molecular flexibility index (Phi) is 5.59. The minimum absolute atomic E-state index is 0.324. The molecule has 2 aromatic rings. The van der Waals surface area contributed by atoms with Gasteiger partial charge in [0, 0.05) is 10.6 Å². The fourth-order valence-corrected chi connectivity index (χ4v) is 3.18. The summed E-state index contributed by atoms with van der Waals surface area (Å²) in [5.74, 6) is 6.23. The molecule has 0 spiro atoms. The van der Waals surface area contributed by atoms with E-state index in [1.807, 2.05) is 11.4 Å². The van der Waals surface area contributed by atoms with Gasteiger partial charge >= 0.3 is 0 Å². The molecular weight excluding hydrogens is 337 g/mol. The minimum Gasteiger partial charge on any atom is -0.485 e. The SMILES string of the molecule is NCC#Cc1ccsc1COc1c(Cl)cc(Cl)cc1Cl. The molecule has 6 heteroatoms. The zero-order valence-electron chi connectivity index (χ0n) is 10.3. The van der Waals surface area contributed by atoms with Crippen LogP contribution in [0, 0.1) is 11.8 Å². The Hall–Kier alpha value is -0.890. The van der Waals surface area contributed by atoms with Gasteiger partial charge in [-0.3, -0.25) is 0 Å². The molecule has 0 radical (unpaired) electrons. The number of hydrogen-bond donors (Lipinski definition) is 1. The Morgan fingerprint density at radius 2 is 1.90 bits per heavy atom. The van der Waals surface area contributed by atoms with Crippen molar-refractivity contribution in [3.63, 3.8) is 0 Å². The van der Waals surface area contributed by atoms with E-state index in [1.54, 1.807) is 23.5 Å². The highest BCUT2D eigenvalue weighted by molar-refractivity contribution is 7.10. The summed E-state index contributed by atoms with van der Waals surface area (Å²) in [5, 5.41) is 3.19. The van der Waals surface area contributed by atoms with Crippen LogP contribution in [-0.2, 0) is 6.61 Å². The van der Waals surface area contributed by atoms with E-state index in [0.29, 0.717) is 34.0 Å². The summed E-state index contributed by atoms with van der Waals surface area (Å²) in [5.41, 5.74) is 6.27. The molecule has 0 atom stereocenters. The van der Waals surface area contributed by atoms with Crippen molar-refractivity contribution in [3.8, 4) is 17.6 Å². The first-order chi connectivity index (χ1) is 9.61. The lowest BCUT2D eigenvalue weighted by molar-refractivity contribution is 0.310. The topological polar surface area (TPSA) is 35.2 Å². The molecule has 0 aliphatic carbocycles. The number of ether oxygens (including phenoxy) is 1. The van der Waals surface area contributed by atoms with Gasteiger partial charge in [0.15, 0.2) is 5.75 Å². The van der Waals surface area contributed by atoms with E-state index in [0.717, 1.165) is 10.4 Å². The van der Waals surface area contributed by atoms with Gasteiger partial charge < -0.3 is 10.5 Å². The van der Waals surface area contributed by atoms with Crippen LogP contribution in [0.15, 0.2) is 23.6 Å². The van der Waals surface area contributed by atoms with E-state index in [2.05, 4.69) is 11.8 Å². The van der Waals surface area contributed by atoms with Gasteiger partial charge in [-0.15, -0.1) is 11.3 Å². The van der Waals surface area contributed by atoms with Gasteiger partial charge in [0.1, 0.15) is 6.61 Å². The summed E-state index contributed by atoms with van der Waals surface area (Å²) >= 11 is 19.5. The molecule has 1 aromatic heterocycles. The third kappa shape index (κ3) is 3.82. The molecule has 0 saturated heterocycles. The monoisotopic (exact) mass is 345 g/mol. The highest BCUT2D eigenvalue weighted by atomic mass is 35.5. The van der Waals surface area contributed by atoms with Gasteiger partial charge in [0.2, 0.25) is 0 Å². The van der Waals surface area contributed by atoms with Crippen molar-refractivity contribution in [1.29, 1.82) is 0 Å². The molecule has 0 aliphatic heterocycles. The van der Waals surface area contributed by atoms with Crippen LogP contribution in [0.2, 0.25) is 15.1 Å². The second kappa shape index (κ2) is 7.21. The molecule has 0 unspecified atom stereocenters. The third-order valence-electron chi connectivity index (χ3n) is 2.38. The van der Waals surface area contributed by atoms with Crippen LogP contribution < -0.4 is 10.5 Å². The molecule has 0 amide bonds. The van der Waals surface area contributed by atoms with E-state index < -0.39 is 0 Å². The summed E-state index contributed by atoms with van der Waals surface area (Å²) in [6.07, 6.45) is 0. The van der Waals surface area contributed by atoms with Crippen molar-refractivity contribution in [3.05, 3.63) is 49.1 Å². The highest BCUT2D eigenvalue weighted by Crippen LogP contribution is 2.36. The van der Waals surface area contributed by atoms with Crippen molar-refractivity contribution in [2.24, 2.45) is 5.73 Å². The second-order valence-corrected chi connectivity index (χ2v) is 6.00. The Balaban J connectivity index is 2.16. The lowest BCUT2D eigenvalue weighted by Gasteiger charge is -2.09. The van der Waals surface area contributed by atoms with Crippen molar-refractivity contribution >= 4 is 46.1 Å². The van der Waals surface area contributed by atoms with Crippen molar-refractivity contribution in [2.75, 3.05) is 6.54 Å². The molecule has 1 heterocycles. The zero-order valence-corrected chi connectivity index (χ0v) is 13.3. The van der Waals surface area contributed by atoms with Crippen LogP contribution in [0.1, 0.15) is 10.4 Å². The number of thiophene rings is 1. The quantitative estimate of drug-likeness (QED) is 0.825. The molecule has 20 heavy (non-hydrogen) atoms. The van der Waals surface area contributed by atoms with Crippen LogP contribution in [-0.4, -0.2) is 6.54 Å². The van der Waals surface area contributed by atoms with Gasteiger partial charge in [-0.25, -0.2) is 0 Å². The van der Waals surface area contributed by atoms with E-state index in [9.17, 15) is 0 Å². The number of hydrogen-bond acceptors (Lipinski definition) is 3. The summed E-state index contributed by atoms with van der Waals surface area (Å²) in [4.78, 5) is 0.994. The summed E-state index contributed by atoms with van der Waals surface area (Å²) in [6, 6.07) is 5.11. The highest BCUT2D eigenvalue weighted by Gasteiger charge is 2.11. The van der Waals surface area contributed by atoms with Crippen LogP contribution in [0.5, 0.6) is 5.75 Å². The normalized spacial score (nSPS) is 10.0. The van der Waals surface area contributed by atoms with Crippen LogP contribution in [0.25, 0.3) is 0 Å². The summed E-state index contributed by atoms with van der Waals surface area (Å²) < 4.78 is 5.68. The van der Waals surface area contributed by atoms with E-state index in [-0.39, 0.29) is 0 Å². The fraction of sp³-hybridized carbons (Fsp3) is 0.143. The number of benzene rings is 1. The van der Waals surface area contributed by atoms with Crippen LogP contribution >= 0.6 is 46.1 Å². The van der Waals surface area contributed by atoms with Gasteiger partial charge in [-0.2, -0.15) is 0 Å². The van der Waals surface area contributed by atoms with Gasteiger partial charge in [0.25, 0.3) is 0 Å². The first-order valence-corrected chi connectivity index (χ1v) is 7.66. The van der Waals surface area contributed by atoms with Gasteiger partial charge in [-0.1, -0.05) is 46.6 Å². The van der Waals surface area contributed by atoms with Crippen molar-refractivity contribution in [2.45, 2.75) is 6.61 Å². The zero-order chi connectivity index (χ0) is 14.5. The molecule has 1 aromatic carbocycles. The third-order valence-corrected chi connectivity index (χ3v) is 4.06. The molecule has 2 rings (SSSR count). The average Bonchev–Trinajstić information content (AvgIpc) is 2.82. The molecule has 2 N–H and O–H groups in total. The fourth-order valence-electron chi connectivity index (χ4n) is 1.51. The van der Waals surface area contributed by atoms with Crippen LogP contribution in [0.4, 0.5) is 0 Å². The minimum atomic E-state index is 0.324. The maximum Gasteiger partial charge on any atom is 0.157 e. The van der Waals surface area contributed by atoms with Gasteiger partial charge in [-0.05, 0) is 23.6 Å². The molecule has 0 saturated carbocycles. The number of rotatable bonds is 3. The molecule has 0 bridgehead atoms. The van der Waals surface area contributed by atoms with E-state index in [1.165, 1.54) is 0 Å². The first-order valence-electron chi connectivity index (χ1n) is 5.64. The molecule has 0 aliphatic rings. The standard InChI is InChI=1S/C14H10Cl3NOS/c15-10-6-11(16)14(12(17)7-10)19-8-13-9(2-1-4-18)3-5-20-13/h3,5-7H,4,8,18H2. The Morgan fingerprint density at radius 1 is 1.20 bits per heavy atom. The van der Waals surface area contributed by atoms with Crippen LogP contribution in [0.3, 0.4) is 0 Å². The molecule has 0 fully saturated rings. The predicted octanol–water partition coefficient (Wildman–Crippen LogP) is 4.60. The Morgan fingerprint density at radius 3 is 2.55 bits per heavy atom. The summed E-state index contributed by atoms with van der Waals surface area (Å²) in [6.45, 7) is 0.665. The first kappa shape index (κ1) is 15.5. The maximum atomic E-state index is 6.06. The second-order valence-electron chi connectivity index (χ2n) is 3.75. The number of nitrogens with two attached hydrogens (primary N) is 1. The predicted molar refractivity (Wildman–Crippen MR) is 86.1 cm³/mol. The summed E-state index contributed by atoms with van der Waals surface area (Å²) in [7, 11) is 0. The lowest BCUT2D eigenvalue weighted by atomic mass is 10.2. The molecular formula is C14H10Cl3NOS. The van der Waals surface area contributed by atoms with E-state index >= 15 is 0 Å². The maximum absolute atomic E-state index is 6.06. The molecule has 2 nitrogen and oxygen atoms in total. The van der Waals surface area contributed by atoms with Crippen molar-refractivity contribution in [1.82, 2.24) is 0 Å². The number of halogens is 3. The molecule has 104 valence electrons. The Labute approximate surface area is 136 Å².